The fourth-order valence-corrected chi connectivity index (χ4v) is 3.63. The first kappa shape index (κ1) is 16.3. The minimum atomic E-state index is 0.714. The fraction of sp³-hybridized carbons (Fsp3) is 1.00. The third-order valence-corrected chi connectivity index (χ3v) is 5.05. The monoisotopic (exact) mass is 281 g/mol. The molecule has 3 nitrogen and oxygen atoms in total. The summed E-state index contributed by atoms with van der Waals surface area (Å²) in [6, 6.07) is 1.47. The molecule has 2 rings (SSSR count). The van der Waals surface area contributed by atoms with E-state index >= 15 is 0 Å². The van der Waals surface area contributed by atoms with Crippen LogP contribution in [0.25, 0.3) is 0 Å². The molecule has 0 bridgehead atoms. The van der Waals surface area contributed by atoms with Crippen LogP contribution in [0.15, 0.2) is 0 Å². The lowest BCUT2D eigenvalue weighted by Gasteiger charge is -2.25. The van der Waals surface area contributed by atoms with E-state index in [1.165, 1.54) is 84.2 Å². The minimum Gasteiger partial charge on any atom is -0.313 e. The van der Waals surface area contributed by atoms with Crippen LogP contribution in [0, 0.1) is 0 Å². The normalized spacial score (nSPS) is 27.4. The number of hydrogen-bond acceptors (Lipinski definition) is 3. The maximum Gasteiger partial charge on any atom is 0.0107 e. The highest BCUT2D eigenvalue weighted by Crippen LogP contribution is 2.13. The van der Waals surface area contributed by atoms with E-state index in [9.17, 15) is 0 Å². The van der Waals surface area contributed by atoms with Crippen molar-refractivity contribution in [2.24, 2.45) is 0 Å². The smallest absolute Gasteiger partial charge is 0.0107 e. The van der Waals surface area contributed by atoms with Crippen LogP contribution in [0.1, 0.15) is 58.8 Å². The molecule has 0 radical (unpaired) electrons. The van der Waals surface area contributed by atoms with Gasteiger partial charge >= 0.3 is 0 Å². The molecule has 0 aromatic rings. The Kier molecular flexibility index (Phi) is 7.32. The Hall–Kier alpha value is -0.120. The Morgan fingerprint density at radius 1 is 0.900 bits per heavy atom. The van der Waals surface area contributed by atoms with Crippen LogP contribution in [0.5, 0.6) is 0 Å². The topological polar surface area (TPSA) is 18.5 Å². The van der Waals surface area contributed by atoms with Crippen molar-refractivity contribution in [3.8, 4) is 0 Å². The van der Waals surface area contributed by atoms with Crippen molar-refractivity contribution in [3.05, 3.63) is 0 Å². The lowest BCUT2D eigenvalue weighted by molar-refractivity contribution is 0.228. The van der Waals surface area contributed by atoms with Gasteiger partial charge in [0.25, 0.3) is 0 Å². The molecule has 0 saturated carbocycles. The van der Waals surface area contributed by atoms with Crippen LogP contribution >= 0.6 is 0 Å². The predicted molar refractivity (Wildman–Crippen MR) is 87.3 cm³/mol. The molecule has 1 atom stereocenters. The fourth-order valence-electron chi connectivity index (χ4n) is 3.63. The maximum atomic E-state index is 3.82. The molecule has 2 aliphatic rings. The van der Waals surface area contributed by atoms with E-state index in [0.717, 1.165) is 6.04 Å². The van der Waals surface area contributed by atoms with Gasteiger partial charge in [0.2, 0.25) is 0 Å². The predicted octanol–water partition coefficient (Wildman–Crippen LogP) is 2.71. The quantitative estimate of drug-likeness (QED) is 0.836. The van der Waals surface area contributed by atoms with Crippen LogP contribution in [0.4, 0.5) is 0 Å². The van der Waals surface area contributed by atoms with Crippen LogP contribution in [0.3, 0.4) is 0 Å². The van der Waals surface area contributed by atoms with Crippen molar-refractivity contribution in [2.75, 3.05) is 39.3 Å². The number of hydrogen-bond donors (Lipinski definition) is 1. The first-order valence-electron chi connectivity index (χ1n) is 8.95. The van der Waals surface area contributed by atoms with E-state index in [1.807, 2.05) is 0 Å². The highest BCUT2D eigenvalue weighted by Gasteiger charge is 2.18. The van der Waals surface area contributed by atoms with Crippen molar-refractivity contribution in [2.45, 2.75) is 70.9 Å². The van der Waals surface area contributed by atoms with E-state index in [-0.39, 0.29) is 0 Å². The van der Waals surface area contributed by atoms with Crippen molar-refractivity contribution < 1.29 is 0 Å². The van der Waals surface area contributed by atoms with Crippen molar-refractivity contribution in [1.82, 2.24) is 15.1 Å². The van der Waals surface area contributed by atoms with Crippen LogP contribution < -0.4 is 5.32 Å². The van der Waals surface area contributed by atoms with Gasteiger partial charge in [-0.3, -0.25) is 0 Å². The van der Waals surface area contributed by atoms with Gasteiger partial charge in [0.05, 0.1) is 0 Å². The second kappa shape index (κ2) is 9.01. The van der Waals surface area contributed by atoms with Gasteiger partial charge < -0.3 is 15.1 Å². The van der Waals surface area contributed by atoms with Gasteiger partial charge in [-0.05, 0) is 72.1 Å². The summed E-state index contributed by atoms with van der Waals surface area (Å²) in [5, 5.41) is 3.82. The molecule has 20 heavy (non-hydrogen) atoms. The molecule has 0 aliphatic carbocycles. The van der Waals surface area contributed by atoms with Gasteiger partial charge in [-0.1, -0.05) is 12.8 Å². The van der Waals surface area contributed by atoms with Gasteiger partial charge in [-0.25, -0.2) is 0 Å². The van der Waals surface area contributed by atoms with Crippen LogP contribution in [-0.2, 0) is 0 Å². The summed E-state index contributed by atoms with van der Waals surface area (Å²) in [7, 11) is 0. The number of likely N-dealkylation sites (tertiary alicyclic amines) is 2. The zero-order chi connectivity index (χ0) is 14.2. The molecule has 0 amide bonds. The van der Waals surface area contributed by atoms with Gasteiger partial charge in [-0.2, -0.15) is 0 Å². The maximum absolute atomic E-state index is 3.82. The average molecular weight is 281 g/mol. The second-order valence-corrected chi connectivity index (χ2v) is 6.97. The summed E-state index contributed by atoms with van der Waals surface area (Å²) < 4.78 is 0. The van der Waals surface area contributed by atoms with E-state index in [4.69, 9.17) is 0 Å². The summed E-state index contributed by atoms with van der Waals surface area (Å²) >= 11 is 0. The number of rotatable bonds is 5. The van der Waals surface area contributed by atoms with Crippen LogP contribution in [-0.4, -0.2) is 61.2 Å². The molecule has 2 aliphatic heterocycles. The zero-order valence-corrected chi connectivity index (χ0v) is 13.7. The standard InChI is InChI=1S/C17H35N3/c1-16(2)20-13-7-8-17(9-14-20)18-10-15-19-11-5-3-4-6-12-19/h16-18H,3-15H2,1-2H3. The molecule has 2 fully saturated rings. The Morgan fingerprint density at radius 2 is 1.65 bits per heavy atom. The summed E-state index contributed by atoms with van der Waals surface area (Å²) in [4.78, 5) is 5.30. The number of nitrogens with one attached hydrogen (secondary N) is 1. The van der Waals surface area contributed by atoms with Gasteiger partial charge in [0, 0.05) is 25.2 Å². The Balaban J connectivity index is 1.61. The van der Waals surface area contributed by atoms with E-state index in [1.54, 1.807) is 0 Å². The highest BCUT2D eigenvalue weighted by molar-refractivity contribution is 4.77. The first-order valence-corrected chi connectivity index (χ1v) is 8.95. The van der Waals surface area contributed by atoms with Crippen molar-refractivity contribution in [3.63, 3.8) is 0 Å². The van der Waals surface area contributed by atoms with Gasteiger partial charge in [0.15, 0.2) is 0 Å². The van der Waals surface area contributed by atoms with E-state index in [0.29, 0.717) is 6.04 Å². The van der Waals surface area contributed by atoms with Gasteiger partial charge in [-0.15, -0.1) is 0 Å². The highest BCUT2D eigenvalue weighted by atomic mass is 15.2. The molecule has 1 unspecified atom stereocenters. The third-order valence-electron chi connectivity index (χ3n) is 5.05. The van der Waals surface area contributed by atoms with E-state index < -0.39 is 0 Å². The Morgan fingerprint density at radius 3 is 2.35 bits per heavy atom. The molecular weight excluding hydrogens is 246 g/mol. The molecule has 0 aromatic heterocycles. The number of nitrogens with zero attached hydrogens (tertiary/aromatic N) is 2. The summed E-state index contributed by atoms with van der Waals surface area (Å²) in [5.74, 6) is 0. The van der Waals surface area contributed by atoms with Crippen molar-refractivity contribution >= 4 is 0 Å². The molecule has 3 heteroatoms. The van der Waals surface area contributed by atoms with Crippen LogP contribution in [0.2, 0.25) is 0 Å². The molecule has 118 valence electrons. The molecular formula is C17H35N3. The Labute approximate surface area is 126 Å². The minimum absolute atomic E-state index is 0.714. The first-order chi connectivity index (χ1) is 9.75. The summed E-state index contributed by atoms with van der Waals surface area (Å²) in [5.41, 5.74) is 0. The van der Waals surface area contributed by atoms with Crippen molar-refractivity contribution in [1.29, 1.82) is 0 Å². The largest absolute Gasteiger partial charge is 0.313 e. The molecule has 0 spiro atoms. The van der Waals surface area contributed by atoms with Gasteiger partial charge in [0.1, 0.15) is 0 Å². The SMILES string of the molecule is CC(C)N1CCCC(NCCN2CCCCCC2)CC1. The molecule has 2 saturated heterocycles. The average Bonchev–Trinajstić information content (AvgIpc) is 2.81. The second-order valence-electron chi connectivity index (χ2n) is 6.97. The lowest BCUT2D eigenvalue weighted by atomic mass is 10.1. The molecule has 2 heterocycles. The van der Waals surface area contributed by atoms with E-state index in [2.05, 4.69) is 29.0 Å². The zero-order valence-electron chi connectivity index (χ0n) is 13.7. The molecule has 0 aromatic carbocycles. The molecule has 1 N–H and O–H groups in total. The summed E-state index contributed by atoms with van der Waals surface area (Å²) in [6.07, 6.45) is 9.76. The Bertz CT molecular complexity index is 247. The summed E-state index contributed by atoms with van der Waals surface area (Å²) in [6.45, 7) is 12.3. The lowest BCUT2D eigenvalue weighted by Crippen LogP contribution is -2.38. The third kappa shape index (κ3) is 5.71.